The van der Waals surface area contributed by atoms with Crippen LogP contribution in [-0.2, 0) is 11.3 Å². The number of hydrogen-bond donors (Lipinski definition) is 1. The molecule has 5 rings (SSSR count). The van der Waals surface area contributed by atoms with Crippen LogP contribution in [0.4, 0.5) is 0 Å². The van der Waals surface area contributed by atoms with E-state index in [0.717, 1.165) is 30.7 Å². The van der Waals surface area contributed by atoms with Crippen molar-refractivity contribution in [2.24, 2.45) is 5.92 Å². The molecule has 2 aliphatic rings. The molecule has 1 saturated carbocycles. The Balaban J connectivity index is 1.10. The summed E-state index contributed by atoms with van der Waals surface area (Å²) in [6.07, 6.45) is 12.6. The van der Waals surface area contributed by atoms with Crippen molar-refractivity contribution in [2.45, 2.75) is 51.0 Å². The van der Waals surface area contributed by atoms with Crippen molar-refractivity contribution in [3.63, 3.8) is 0 Å². The number of aromatic nitrogens is 2. The number of nitrogens with zero attached hydrogens (tertiary/aromatic N) is 3. The van der Waals surface area contributed by atoms with E-state index < -0.39 is 0 Å². The lowest BCUT2D eigenvalue weighted by Crippen LogP contribution is -2.48. The highest BCUT2D eigenvalue weighted by Gasteiger charge is 2.32. The fourth-order valence-corrected chi connectivity index (χ4v) is 4.91. The molecule has 1 aliphatic heterocycles. The number of rotatable bonds is 6. The smallest absolute Gasteiger partial charge is 0.251 e. The number of benzene rings is 1. The molecule has 32 heavy (non-hydrogen) atoms. The zero-order valence-corrected chi connectivity index (χ0v) is 18.4. The fourth-order valence-electron chi connectivity index (χ4n) is 4.91. The normalized spacial score (nSPS) is 17.3. The van der Waals surface area contributed by atoms with Crippen LogP contribution in [0.5, 0.6) is 0 Å². The van der Waals surface area contributed by atoms with Crippen molar-refractivity contribution >= 4 is 17.5 Å². The fraction of sp³-hybridized carbons (Fsp3) is 0.423. The number of pyridine rings is 1. The van der Waals surface area contributed by atoms with Gasteiger partial charge in [-0.1, -0.05) is 31.4 Å². The third kappa shape index (κ3) is 4.54. The van der Waals surface area contributed by atoms with Crippen LogP contribution >= 0.6 is 0 Å². The van der Waals surface area contributed by atoms with Crippen LogP contribution in [0.25, 0.3) is 5.65 Å². The van der Waals surface area contributed by atoms with Gasteiger partial charge in [0.1, 0.15) is 5.65 Å². The van der Waals surface area contributed by atoms with Crippen LogP contribution in [0.2, 0.25) is 0 Å². The standard InChI is InChI=1S/C26H30N4O2/c31-25(15-19-4-2-1-3-5-19)30-17-23(18-30)21-6-8-22(9-7-21)26(32)28-16-20-10-12-29-13-11-27-24(29)14-20/h6-14,19,23H,1-5,15-18H2,(H,28,32). The summed E-state index contributed by atoms with van der Waals surface area (Å²) in [5.41, 5.74) is 3.74. The molecule has 0 radical (unpaired) electrons. The van der Waals surface area contributed by atoms with Gasteiger partial charge in [0.2, 0.25) is 5.91 Å². The summed E-state index contributed by atoms with van der Waals surface area (Å²) < 4.78 is 1.94. The molecule has 166 valence electrons. The third-order valence-corrected chi connectivity index (χ3v) is 6.98. The topological polar surface area (TPSA) is 66.7 Å². The minimum absolute atomic E-state index is 0.0855. The highest BCUT2D eigenvalue weighted by atomic mass is 16.2. The number of amides is 2. The third-order valence-electron chi connectivity index (χ3n) is 6.98. The first kappa shape index (κ1) is 20.7. The van der Waals surface area contributed by atoms with E-state index >= 15 is 0 Å². The van der Waals surface area contributed by atoms with Gasteiger partial charge in [0.15, 0.2) is 0 Å². The molecule has 2 amide bonds. The summed E-state index contributed by atoms with van der Waals surface area (Å²) in [6.45, 7) is 2.06. The number of hydrogen-bond acceptors (Lipinski definition) is 3. The maximum atomic E-state index is 12.5. The Bertz CT molecular complexity index is 1090. The van der Waals surface area contributed by atoms with Gasteiger partial charge in [-0.3, -0.25) is 9.59 Å². The van der Waals surface area contributed by atoms with E-state index in [9.17, 15) is 9.59 Å². The summed E-state index contributed by atoms with van der Waals surface area (Å²) in [5, 5.41) is 2.98. The van der Waals surface area contributed by atoms with Crippen LogP contribution in [0, 0.1) is 5.92 Å². The summed E-state index contributed by atoms with van der Waals surface area (Å²) in [7, 11) is 0. The summed E-state index contributed by atoms with van der Waals surface area (Å²) in [4.78, 5) is 31.3. The Labute approximate surface area is 188 Å². The van der Waals surface area contributed by atoms with Crippen molar-refractivity contribution in [1.82, 2.24) is 19.6 Å². The molecule has 0 spiro atoms. The Hall–Kier alpha value is -3.15. The molecule has 2 fully saturated rings. The van der Waals surface area contributed by atoms with Crippen LogP contribution in [0.3, 0.4) is 0 Å². The van der Waals surface area contributed by atoms with Crippen molar-refractivity contribution in [2.75, 3.05) is 13.1 Å². The molecule has 6 heteroatoms. The maximum Gasteiger partial charge on any atom is 0.251 e. The largest absolute Gasteiger partial charge is 0.348 e. The van der Waals surface area contributed by atoms with Gasteiger partial charge in [0, 0.05) is 56.1 Å². The predicted octanol–water partition coefficient (Wildman–Crippen LogP) is 4.16. The summed E-state index contributed by atoms with van der Waals surface area (Å²) >= 11 is 0. The van der Waals surface area contributed by atoms with Gasteiger partial charge >= 0.3 is 0 Å². The molecule has 6 nitrogen and oxygen atoms in total. The number of imidazole rings is 1. The zero-order chi connectivity index (χ0) is 21.9. The number of likely N-dealkylation sites (tertiary alicyclic amines) is 1. The number of fused-ring (bicyclic) bond motifs is 1. The van der Waals surface area contributed by atoms with Crippen molar-refractivity contribution in [3.8, 4) is 0 Å². The molecule has 0 atom stereocenters. The van der Waals surface area contributed by atoms with Crippen molar-refractivity contribution in [3.05, 3.63) is 71.7 Å². The zero-order valence-electron chi connectivity index (χ0n) is 18.4. The van der Waals surface area contributed by atoms with Crippen molar-refractivity contribution in [1.29, 1.82) is 0 Å². The van der Waals surface area contributed by atoms with E-state index in [4.69, 9.17) is 0 Å². The first-order chi connectivity index (χ1) is 15.7. The van der Waals surface area contributed by atoms with Crippen LogP contribution in [0.1, 0.15) is 65.9 Å². The summed E-state index contributed by atoms with van der Waals surface area (Å²) in [5.74, 6) is 1.20. The quantitative estimate of drug-likeness (QED) is 0.639. The lowest BCUT2D eigenvalue weighted by molar-refractivity contribution is -0.136. The van der Waals surface area contributed by atoms with Gasteiger partial charge in [-0.05, 0) is 54.2 Å². The monoisotopic (exact) mass is 430 g/mol. The van der Waals surface area contributed by atoms with Crippen LogP contribution in [-0.4, -0.2) is 39.2 Å². The lowest BCUT2D eigenvalue weighted by Gasteiger charge is -2.40. The number of carbonyl (C=O) groups excluding carboxylic acids is 2. The van der Waals surface area contributed by atoms with E-state index in [1.807, 2.05) is 58.1 Å². The molecule has 3 heterocycles. The summed E-state index contributed by atoms with van der Waals surface area (Å²) in [6, 6.07) is 11.8. The highest BCUT2D eigenvalue weighted by Crippen LogP contribution is 2.31. The second-order valence-electron chi connectivity index (χ2n) is 9.24. The second kappa shape index (κ2) is 9.15. The van der Waals surface area contributed by atoms with Gasteiger partial charge < -0.3 is 14.6 Å². The highest BCUT2D eigenvalue weighted by molar-refractivity contribution is 5.94. The Morgan fingerprint density at radius 3 is 2.56 bits per heavy atom. The predicted molar refractivity (Wildman–Crippen MR) is 123 cm³/mol. The van der Waals surface area contributed by atoms with Gasteiger partial charge in [-0.15, -0.1) is 0 Å². The molecule has 1 aliphatic carbocycles. The Morgan fingerprint density at radius 1 is 1.00 bits per heavy atom. The van der Waals surface area contributed by atoms with E-state index in [-0.39, 0.29) is 5.91 Å². The molecular formula is C26H30N4O2. The average Bonchev–Trinajstić information content (AvgIpc) is 3.25. The Morgan fingerprint density at radius 2 is 1.78 bits per heavy atom. The second-order valence-corrected chi connectivity index (χ2v) is 9.24. The van der Waals surface area contributed by atoms with E-state index in [0.29, 0.717) is 29.9 Å². The molecule has 0 unspecified atom stereocenters. The molecule has 1 saturated heterocycles. The van der Waals surface area contributed by atoms with Crippen molar-refractivity contribution < 1.29 is 9.59 Å². The van der Waals surface area contributed by atoms with Gasteiger partial charge in [0.25, 0.3) is 5.91 Å². The van der Waals surface area contributed by atoms with Gasteiger partial charge in [-0.25, -0.2) is 4.98 Å². The van der Waals surface area contributed by atoms with Crippen LogP contribution < -0.4 is 5.32 Å². The van der Waals surface area contributed by atoms with Crippen LogP contribution in [0.15, 0.2) is 55.0 Å². The molecule has 2 aromatic heterocycles. The van der Waals surface area contributed by atoms with E-state index in [1.54, 1.807) is 6.20 Å². The van der Waals surface area contributed by atoms with E-state index in [2.05, 4.69) is 10.3 Å². The average molecular weight is 431 g/mol. The molecule has 0 bridgehead atoms. The van der Waals surface area contributed by atoms with Gasteiger partial charge in [0.05, 0.1) is 0 Å². The molecule has 1 N–H and O–H groups in total. The van der Waals surface area contributed by atoms with Gasteiger partial charge in [-0.2, -0.15) is 0 Å². The molecule has 3 aromatic rings. The molecule has 1 aromatic carbocycles. The number of carbonyl (C=O) groups is 2. The maximum absolute atomic E-state index is 12.5. The first-order valence-corrected chi connectivity index (χ1v) is 11.7. The Kier molecular flexibility index (Phi) is 5.93. The SMILES string of the molecule is O=C(NCc1ccn2ccnc2c1)c1ccc(C2CN(C(=O)CC3CCCCC3)C2)cc1. The van der Waals surface area contributed by atoms with E-state index in [1.165, 1.54) is 37.7 Å². The first-order valence-electron chi connectivity index (χ1n) is 11.7. The molecular weight excluding hydrogens is 400 g/mol. The number of nitrogens with one attached hydrogen (secondary N) is 1. The lowest BCUT2D eigenvalue weighted by atomic mass is 9.85. The minimum Gasteiger partial charge on any atom is -0.348 e. The minimum atomic E-state index is -0.0855.